The van der Waals surface area contributed by atoms with Crippen molar-refractivity contribution in [2.45, 2.75) is 0 Å². The van der Waals surface area contributed by atoms with E-state index < -0.39 is 5.97 Å². The Morgan fingerprint density at radius 2 is 2.00 bits per heavy atom. The molecule has 4 nitrogen and oxygen atoms in total. The first-order chi connectivity index (χ1) is 8.56. The summed E-state index contributed by atoms with van der Waals surface area (Å²) in [5, 5.41) is 12.8. The molecule has 18 heavy (non-hydrogen) atoms. The molecule has 0 spiro atoms. The third kappa shape index (κ3) is 2.91. The zero-order chi connectivity index (χ0) is 13.1. The molecule has 2 N–H and O–H groups in total. The first-order valence-electron chi connectivity index (χ1n) is 4.97. The number of anilines is 2. The Morgan fingerprint density at radius 3 is 2.67 bits per heavy atom. The minimum absolute atomic E-state index is 0.0370. The third-order valence-corrected chi connectivity index (χ3v) is 2.74. The number of pyridine rings is 1. The number of benzene rings is 1. The molecule has 0 aliphatic carbocycles. The minimum atomic E-state index is -1.08. The predicted molar refractivity (Wildman–Crippen MR) is 70.9 cm³/mol. The van der Waals surface area contributed by atoms with Crippen LogP contribution in [0.1, 0.15) is 10.5 Å². The third-order valence-electron chi connectivity index (χ3n) is 2.19. The highest BCUT2D eigenvalue weighted by Crippen LogP contribution is 2.28. The molecule has 0 unspecified atom stereocenters. The fraction of sp³-hybridized carbons (Fsp3) is 0. The molecule has 92 valence electrons. The SMILES string of the molecule is O=C(O)c1cc(Nc2ccc(Cl)cc2Cl)ccn1. The maximum Gasteiger partial charge on any atom is 0.354 e. The smallest absolute Gasteiger partial charge is 0.354 e. The molecule has 0 bridgehead atoms. The standard InChI is InChI=1S/C12H8Cl2N2O2/c13-7-1-2-10(9(14)5-7)16-8-3-4-15-11(6-8)12(17)18/h1-6H,(H,15,16)(H,17,18). The summed E-state index contributed by atoms with van der Waals surface area (Å²) in [4.78, 5) is 14.5. The van der Waals surface area contributed by atoms with Gasteiger partial charge in [0.2, 0.25) is 0 Å². The molecule has 1 aromatic heterocycles. The summed E-state index contributed by atoms with van der Waals surface area (Å²) in [6, 6.07) is 8.08. The average molecular weight is 283 g/mol. The van der Waals surface area contributed by atoms with Crippen LogP contribution in [-0.4, -0.2) is 16.1 Å². The summed E-state index contributed by atoms with van der Waals surface area (Å²) in [6.07, 6.45) is 1.41. The minimum Gasteiger partial charge on any atom is -0.477 e. The highest BCUT2D eigenvalue weighted by Gasteiger charge is 2.06. The van der Waals surface area contributed by atoms with Crippen LogP contribution in [-0.2, 0) is 0 Å². The van der Waals surface area contributed by atoms with Crippen molar-refractivity contribution in [3.8, 4) is 0 Å². The van der Waals surface area contributed by atoms with Crippen LogP contribution in [0.4, 0.5) is 11.4 Å². The van der Waals surface area contributed by atoms with Gasteiger partial charge in [-0.05, 0) is 30.3 Å². The molecule has 2 aromatic rings. The summed E-state index contributed by atoms with van der Waals surface area (Å²) in [7, 11) is 0. The molecule has 0 atom stereocenters. The molecule has 0 amide bonds. The van der Waals surface area contributed by atoms with Gasteiger partial charge in [-0.2, -0.15) is 0 Å². The van der Waals surface area contributed by atoms with E-state index in [1.165, 1.54) is 12.3 Å². The largest absolute Gasteiger partial charge is 0.477 e. The van der Waals surface area contributed by atoms with Gasteiger partial charge in [0.15, 0.2) is 0 Å². The van der Waals surface area contributed by atoms with Crippen LogP contribution < -0.4 is 5.32 Å². The fourth-order valence-corrected chi connectivity index (χ4v) is 1.83. The Bertz CT molecular complexity index is 602. The number of hydrogen-bond acceptors (Lipinski definition) is 3. The van der Waals surface area contributed by atoms with Crippen molar-refractivity contribution in [1.82, 2.24) is 4.98 Å². The quantitative estimate of drug-likeness (QED) is 0.898. The number of halogens is 2. The molecule has 1 heterocycles. The van der Waals surface area contributed by atoms with E-state index in [0.717, 1.165) is 0 Å². The van der Waals surface area contributed by atoms with Gasteiger partial charge in [0, 0.05) is 16.9 Å². The first-order valence-corrected chi connectivity index (χ1v) is 5.73. The number of aromatic nitrogens is 1. The molecule has 0 aliphatic heterocycles. The van der Waals surface area contributed by atoms with Crippen LogP contribution in [0.25, 0.3) is 0 Å². The lowest BCUT2D eigenvalue weighted by Gasteiger charge is -2.08. The highest BCUT2D eigenvalue weighted by atomic mass is 35.5. The molecule has 0 aliphatic rings. The van der Waals surface area contributed by atoms with Crippen molar-refractivity contribution in [2.24, 2.45) is 0 Å². The Hall–Kier alpha value is -1.78. The zero-order valence-corrected chi connectivity index (χ0v) is 10.5. The van der Waals surface area contributed by atoms with E-state index in [1.54, 1.807) is 24.3 Å². The lowest BCUT2D eigenvalue weighted by atomic mass is 10.2. The summed E-state index contributed by atoms with van der Waals surface area (Å²) in [6.45, 7) is 0. The molecule has 0 radical (unpaired) electrons. The van der Waals surface area contributed by atoms with Crippen molar-refractivity contribution in [3.05, 3.63) is 52.3 Å². The molecule has 0 saturated heterocycles. The Labute approximate surface area is 113 Å². The molecule has 2 rings (SSSR count). The van der Waals surface area contributed by atoms with E-state index in [1.807, 2.05) is 0 Å². The van der Waals surface area contributed by atoms with Gasteiger partial charge in [-0.15, -0.1) is 0 Å². The second-order valence-corrected chi connectivity index (χ2v) is 4.33. The maximum absolute atomic E-state index is 10.8. The van der Waals surface area contributed by atoms with Crippen molar-refractivity contribution in [1.29, 1.82) is 0 Å². The number of nitrogens with zero attached hydrogens (tertiary/aromatic N) is 1. The second-order valence-electron chi connectivity index (χ2n) is 3.48. The van der Waals surface area contributed by atoms with Crippen molar-refractivity contribution in [2.75, 3.05) is 5.32 Å². The van der Waals surface area contributed by atoms with Gasteiger partial charge in [0.05, 0.1) is 10.7 Å². The molecular weight excluding hydrogens is 275 g/mol. The van der Waals surface area contributed by atoms with E-state index in [0.29, 0.717) is 21.4 Å². The second kappa shape index (κ2) is 5.25. The van der Waals surface area contributed by atoms with Crippen LogP contribution in [0.3, 0.4) is 0 Å². The Kier molecular flexibility index (Phi) is 3.69. The number of hydrogen-bond donors (Lipinski definition) is 2. The lowest BCUT2D eigenvalue weighted by molar-refractivity contribution is 0.0690. The van der Waals surface area contributed by atoms with Crippen LogP contribution in [0.15, 0.2) is 36.5 Å². The number of carboxylic acids is 1. The summed E-state index contributed by atoms with van der Waals surface area (Å²) >= 11 is 11.8. The van der Waals surface area contributed by atoms with Crippen molar-refractivity contribution >= 4 is 40.5 Å². The lowest BCUT2D eigenvalue weighted by Crippen LogP contribution is -2.01. The van der Waals surface area contributed by atoms with Crippen molar-refractivity contribution < 1.29 is 9.90 Å². The Balaban J connectivity index is 2.28. The van der Waals surface area contributed by atoms with Gasteiger partial charge in [0.25, 0.3) is 0 Å². The molecule has 6 heteroatoms. The van der Waals surface area contributed by atoms with Gasteiger partial charge in [0.1, 0.15) is 5.69 Å². The van der Waals surface area contributed by atoms with Gasteiger partial charge >= 0.3 is 5.97 Å². The van der Waals surface area contributed by atoms with Crippen molar-refractivity contribution in [3.63, 3.8) is 0 Å². The van der Waals surface area contributed by atoms with E-state index in [-0.39, 0.29) is 5.69 Å². The summed E-state index contributed by atoms with van der Waals surface area (Å²) in [5.41, 5.74) is 1.19. The Morgan fingerprint density at radius 1 is 1.22 bits per heavy atom. The first kappa shape index (κ1) is 12.7. The number of aromatic carboxylic acids is 1. The van der Waals surface area contributed by atoms with E-state index >= 15 is 0 Å². The normalized spacial score (nSPS) is 10.1. The summed E-state index contributed by atoms with van der Waals surface area (Å²) < 4.78 is 0. The summed E-state index contributed by atoms with van der Waals surface area (Å²) in [5.74, 6) is -1.08. The molecule has 0 saturated carbocycles. The van der Waals surface area contributed by atoms with Crippen LogP contribution in [0, 0.1) is 0 Å². The van der Waals surface area contributed by atoms with Crippen LogP contribution >= 0.6 is 23.2 Å². The number of carboxylic acid groups (broad SMARTS) is 1. The maximum atomic E-state index is 10.8. The zero-order valence-electron chi connectivity index (χ0n) is 9.02. The monoisotopic (exact) mass is 282 g/mol. The molecule has 0 fully saturated rings. The highest BCUT2D eigenvalue weighted by molar-refractivity contribution is 6.36. The fourth-order valence-electron chi connectivity index (χ4n) is 1.37. The molecular formula is C12H8Cl2N2O2. The van der Waals surface area contributed by atoms with E-state index in [9.17, 15) is 4.79 Å². The van der Waals surface area contributed by atoms with Gasteiger partial charge in [-0.25, -0.2) is 9.78 Å². The van der Waals surface area contributed by atoms with Gasteiger partial charge in [-0.3, -0.25) is 0 Å². The van der Waals surface area contributed by atoms with Crippen LogP contribution in [0.2, 0.25) is 10.0 Å². The van der Waals surface area contributed by atoms with E-state index in [4.69, 9.17) is 28.3 Å². The topological polar surface area (TPSA) is 62.2 Å². The number of carbonyl (C=O) groups is 1. The average Bonchev–Trinajstić information content (AvgIpc) is 2.33. The van der Waals surface area contributed by atoms with E-state index in [2.05, 4.69) is 10.3 Å². The number of rotatable bonds is 3. The van der Waals surface area contributed by atoms with Crippen LogP contribution in [0.5, 0.6) is 0 Å². The predicted octanol–water partition coefficient (Wildman–Crippen LogP) is 3.83. The van der Waals surface area contributed by atoms with Gasteiger partial charge in [-0.1, -0.05) is 23.2 Å². The van der Waals surface area contributed by atoms with Gasteiger partial charge < -0.3 is 10.4 Å². The number of nitrogens with one attached hydrogen (secondary N) is 1. The molecule has 1 aromatic carbocycles.